The Bertz CT molecular complexity index is 1260. The van der Waals surface area contributed by atoms with Crippen molar-refractivity contribution < 1.29 is 14.0 Å². The first-order chi connectivity index (χ1) is 17.0. The summed E-state index contributed by atoms with van der Waals surface area (Å²) < 4.78 is 7.86. The quantitative estimate of drug-likeness (QED) is 0.361. The van der Waals surface area contributed by atoms with Gasteiger partial charge in [0.15, 0.2) is 5.76 Å². The van der Waals surface area contributed by atoms with Gasteiger partial charge in [-0.1, -0.05) is 24.6 Å². The molecule has 0 atom stereocenters. The molecule has 0 aliphatic rings. The number of aromatic nitrogens is 2. The third-order valence-corrected chi connectivity index (χ3v) is 5.77. The molecule has 180 valence electrons. The molecule has 0 saturated heterocycles. The molecule has 0 aliphatic carbocycles. The number of nitrogens with one attached hydrogen (secondary N) is 1. The summed E-state index contributed by atoms with van der Waals surface area (Å²) >= 11 is 0. The molecule has 7 heteroatoms. The minimum Gasteiger partial charge on any atom is -0.454 e. The predicted octanol–water partition coefficient (Wildman–Crippen LogP) is 4.82. The fraction of sp³-hybridized carbons (Fsp3) is 0.250. The minimum atomic E-state index is -0.265. The zero-order chi connectivity index (χ0) is 24.6. The Labute approximate surface area is 205 Å². The van der Waals surface area contributed by atoms with Crippen molar-refractivity contribution >= 4 is 11.8 Å². The fourth-order valence-corrected chi connectivity index (χ4v) is 3.87. The van der Waals surface area contributed by atoms with Crippen molar-refractivity contribution in [1.29, 1.82) is 0 Å². The van der Waals surface area contributed by atoms with Crippen LogP contribution in [0.15, 0.2) is 83.7 Å². The summed E-state index contributed by atoms with van der Waals surface area (Å²) in [6.45, 7) is 6.11. The first kappa shape index (κ1) is 24.0. The molecule has 1 aromatic carbocycles. The lowest BCUT2D eigenvalue weighted by Gasteiger charge is -2.23. The lowest BCUT2D eigenvalue weighted by Crippen LogP contribution is -2.32. The third kappa shape index (κ3) is 6.26. The minimum absolute atomic E-state index is 0.0192. The van der Waals surface area contributed by atoms with Crippen LogP contribution in [0.25, 0.3) is 0 Å². The van der Waals surface area contributed by atoms with E-state index in [1.54, 1.807) is 18.5 Å². The summed E-state index contributed by atoms with van der Waals surface area (Å²) in [6.07, 6.45) is 6.21. The van der Waals surface area contributed by atoms with Crippen molar-refractivity contribution in [3.63, 3.8) is 0 Å². The van der Waals surface area contributed by atoms with E-state index in [0.717, 1.165) is 23.2 Å². The summed E-state index contributed by atoms with van der Waals surface area (Å²) in [5.74, 6) is 0.692. The van der Waals surface area contributed by atoms with E-state index >= 15 is 0 Å². The summed E-state index contributed by atoms with van der Waals surface area (Å²) in [5.41, 5.74) is 3.78. The van der Waals surface area contributed by atoms with Crippen LogP contribution >= 0.6 is 0 Å². The van der Waals surface area contributed by atoms with E-state index in [1.807, 2.05) is 77.2 Å². The van der Waals surface area contributed by atoms with Crippen molar-refractivity contribution in [3.05, 3.63) is 113 Å². The fourth-order valence-electron chi connectivity index (χ4n) is 3.87. The molecule has 4 aromatic rings. The number of hydrogen-bond donors (Lipinski definition) is 1. The third-order valence-electron chi connectivity index (χ3n) is 5.77. The SMILES string of the molecule is CCCN(Cc1cccn1Cc1ccc(C(=O)NCc2ccncc2)o1)C(=O)c1ccc(C)cc1. The standard InChI is InChI=1S/C28H30N4O3/c1-3-16-32(28(34)23-8-6-21(2)7-9-23)19-24-5-4-17-31(24)20-25-10-11-26(35-25)27(33)30-18-22-12-14-29-15-13-22/h4-15,17H,3,16,18-20H2,1-2H3,(H,30,33). The van der Waals surface area contributed by atoms with E-state index in [-0.39, 0.29) is 17.6 Å². The van der Waals surface area contributed by atoms with Crippen LogP contribution in [0.4, 0.5) is 0 Å². The molecule has 1 N–H and O–H groups in total. The maximum atomic E-state index is 13.1. The monoisotopic (exact) mass is 470 g/mol. The average molecular weight is 471 g/mol. The van der Waals surface area contributed by atoms with E-state index in [2.05, 4.69) is 17.2 Å². The highest BCUT2D eigenvalue weighted by atomic mass is 16.4. The van der Waals surface area contributed by atoms with E-state index in [0.29, 0.717) is 37.5 Å². The number of carbonyl (C=O) groups is 2. The molecule has 35 heavy (non-hydrogen) atoms. The van der Waals surface area contributed by atoms with Crippen LogP contribution in [0.5, 0.6) is 0 Å². The molecule has 0 spiro atoms. The molecule has 4 rings (SSSR count). The molecule has 0 aliphatic heterocycles. The van der Waals surface area contributed by atoms with Gasteiger partial charge in [0.05, 0.1) is 13.1 Å². The second kappa shape index (κ2) is 11.3. The number of nitrogens with zero attached hydrogens (tertiary/aromatic N) is 3. The van der Waals surface area contributed by atoms with Gasteiger partial charge in [-0.3, -0.25) is 14.6 Å². The number of benzene rings is 1. The zero-order valence-corrected chi connectivity index (χ0v) is 20.1. The number of rotatable bonds is 10. The van der Waals surface area contributed by atoms with Gasteiger partial charge in [0, 0.05) is 42.9 Å². The molecular formula is C28H30N4O3. The molecule has 0 radical (unpaired) electrons. The molecule has 3 aromatic heterocycles. The van der Waals surface area contributed by atoms with E-state index in [9.17, 15) is 9.59 Å². The Balaban J connectivity index is 1.40. The first-order valence-electron chi connectivity index (χ1n) is 11.8. The van der Waals surface area contributed by atoms with Crippen LogP contribution in [0.1, 0.15) is 56.8 Å². The summed E-state index contributed by atoms with van der Waals surface area (Å²) in [4.78, 5) is 31.5. The molecule has 2 amide bonds. The van der Waals surface area contributed by atoms with Crippen molar-refractivity contribution in [2.24, 2.45) is 0 Å². The predicted molar refractivity (Wildman–Crippen MR) is 134 cm³/mol. The van der Waals surface area contributed by atoms with Gasteiger partial charge in [0.2, 0.25) is 0 Å². The normalized spacial score (nSPS) is 10.8. The van der Waals surface area contributed by atoms with Crippen molar-refractivity contribution in [2.45, 2.75) is 39.9 Å². The zero-order valence-electron chi connectivity index (χ0n) is 20.1. The van der Waals surface area contributed by atoms with Gasteiger partial charge in [-0.25, -0.2) is 0 Å². The number of furan rings is 1. The Morgan fingerprint density at radius 1 is 1.03 bits per heavy atom. The number of carbonyl (C=O) groups excluding carboxylic acids is 2. The van der Waals surface area contributed by atoms with Gasteiger partial charge in [-0.15, -0.1) is 0 Å². The molecule has 0 fully saturated rings. The average Bonchev–Trinajstić information content (AvgIpc) is 3.53. The van der Waals surface area contributed by atoms with E-state index < -0.39 is 0 Å². The maximum Gasteiger partial charge on any atom is 0.287 e. The lowest BCUT2D eigenvalue weighted by molar-refractivity contribution is 0.0739. The molecule has 0 unspecified atom stereocenters. The van der Waals surface area contributed by atoms with Gasteiger partial charge in [0.1, 0.15) is 5.76 Å². The second-order valence-electron chi connectivity index (χ2n) is 8.52. The Morgan fingerprint density at radius 3 is 2.54 bits per heavy atom. The van der Waals surface area contributed by atoms with Crippen LogP contribution in [-0.4, -0.2) is 32.8 Å². The van der Waals surface area contributed by atoms with Crippen molar-refractivity contribution in [3.8, 4) is 0 Å². The second-order valence-corrected chi connectivity index (χ2v) is 8.52. The summed E-state index contributed by atoms with van der Waals surface area (Å²) in [5, 5.41) is 2.86. The Hall–Kier alpha value is -4.13. The van der Waals surface area contributed by atoms with Crippen molar-refractivity contribution in [1.82, 2.24) is 19.8 Å². The van der Waals surface area contributed by atoms with Gasteiger partial charge >= 0.3 is 0 Å². The number of amides is 2. The van der Waals surface area contributed by atoms with E-state index in [4.69, 9.17) is 4.42 Å². The van der Waals surface area contributed by atoms with Gasteiger partial charge in [-0.2, -0.15) is 0 Å². The Morgan fingerprint density at radius 2 is 1.80 bits per heavy atom. The molecular weight excluding hydrogens is 440 g/mol. The smallest absolute Gasteiger partial charge is 0.287 e. The highest BCUT2D eigenvalue weighted by Gasteiger charge is 2.18. The summed E-state index contributed by atoms with van der Waals surface area (Å²) in [7, 11) is 0. The van der Waals surface area contributed by atoms with E-state index in [1.165, 1.54) is 0 Å². The molecule has 0 saturated carbocycles. The molecule has 7 nitrogen and oxygen atoms in total. The van der Waals surface area contributed by atoms with Crippen LogP contribution < -0.4 is 5.32 Å². The summed E-state index contributed by atoms with van der Waals surface area (Å²) in [6, 6.07) is 18.9. The lowest BCUT2D eigenvalue weighted by atomic mass is 10.1. The highest BCUT2D eigenvalue weighted by Crippen LogP contribution is 2.16. The number of pyridine rings is 1. The van der Waals surface area contributed by atoms with Crippen LogP contribution in [0.2, 0.25) is 0 Å². The van der Waals surface area contributed by atoms with Gasteiger partial charge in [-0.05, 0) is 67.4 Å². The number of aryl methyl sites for hydroxylation is 1. The van der Waals surface area contributed by atoms with Crippen LogP contribution in [-0.2, 0) is 19.6 Å². The number of hydrogen-bond acceptors (Lipinski definition) is 4. The highest BCUT2D eigenvalue weighted by molar-refractivity contribution is 5.94. The van der Waals surface area contributed by atoms with Crippen LogP contribution in [0, 0.1) is 6.92 Å². The van der Waals surface area contributed by atoms with Gasteiger partial charge < -0.3 is 19.2 Å². The van der Waals surface area contributed by atoms with Crippen molar-refractivity contribution in [2.75, 3.05) is 6.54 Å². The molecule has 0 bridgehead atoms. The van der Waals surface area contributed by atoms with Crippen LogP contribution in [0.3, 0.4) is 0 Å². The maximum absolute atomic E-state index is 13.1. The van der Waals surface area contributed by atoms with Gasteiger partial charge in [0.25, 0.3) is 11.8 Å². The largest absolute Gasteiger partial charge is 0.454 e. The Kier molecular flexibility index (Phi) is 7.77. The molecule has 3 heterocycles. The first-order valence-corrected chi connectivity index (χ1v) is 11.8. The topological polar surface area (TPSA) is 80.4 Å².